The molecule has 96 valence electrons. The van der Waals surface area contributed by atoms with Crippen LogP contribution in [0.1, 0.15) is 11.1 Å². The average molecular weight is 323 g/mol. The van der Waals surface area contributed by atoms with Crippen molar-refractivity contribution in [2.75, 3.05) is 7.11 Å². The van der Waals surface area contributed by atoms with Gasteiger partial charge in [0.05, 0.1) is 18.2 Å². The number of hydrogen-bond donors (Lipinski definition) is 0. The predicted molar refractivity (Wildman–Crippen MR) is 50.7 cm³/mol. The molecule has 0 aromatic heterocycles. The van der Waals surface area contributed by atoms with Crippen LogP contribution in [0.15, 0.2) is 16.6 Å². The summed E-state index contributed by atoms with van der Waals surface area (Å²) in [6.07, 6.45) is -9.79. The van der Waals surface area contributed by atoms with Gasteiger partial charge in [0, 0.05) is 4.47 Å². The number of benzene rings is 1. The van der Waals surface area contributed by atoms with Crippen molar-refractivity contribution >= 4 is 15.9 Å². The van der Waals surface area contributed by atoms with Crippen molar-refractivity contribution in [3.8, 4) is 5.75 Å². The Hall–Kier alpha value is -0.920. The molecule has 0 spiro atoms. The van der Waals surface area contributed by atoms with Gasteiger partial charge in [0.15, 0.2) is 0 Å². The molecule has 0 aliphatic carbocycles. The van der Waals surface area contributed by atoms with E-state index in [1.54, 1.807) is 0 Å². The molecule has 0 atom stereocenters. The van der Waals surface area contributed by atoms with Crippen molar-refractivity contribution < 1.29 is 31.1 Å². The molecule has 0 fully saturated rings. The van der Waals surface area contributed by atoms with Gasteiger partial charge in [-0.15, -0.1) is 0 Å². The second kappa shape index (κ2) is 4.40. The van der Waals surface area contributed by atoms with E-state index in [-0.39, 0.29) is 0 Å². The Bertz CT molecular complexity index is 387. The van der Waals surface area contributed by atoms with E-state index in [4.69, 9.17) is 0 Å². The lowest BCUT2D eigenvalue weighted by Gasteiger charge is -2.16. The number of methoxy groups -OCH3 is 1. The second-order valence-corrected chi connectivity index (χ2v) is 3.83. The molecule has 0 bridgehead atoms. The first kappa shape index (κ1) is 14.1. The summed E-state index contributed by atoms with van der Waals surface area (Å²) in [5.41, 5.74) is -2.85. The van der Waals surface area contributed by atoms with Crippen molar-refractivity contribution in [3.63, 3.8) is 0 Å². The third-order valence-corrected chi connectivity index (χ3v) is 2.75. The lowest BCUT2D eigenvalue weighted by molar-refractivity contribution is -0.144. The van der Waals surface area contributed by atoms with E-state index in [1.165, 1.54) is 0 Å². The molecule has 8 heteroatoms. The molecule has 0 unspecified atom stereocenters. The van der Waals surface area contributed by atoms with Crippen molar-refractivity contribution in [3.05, 3.63) is 27.7 Å². The maximum atomic E-state index is 12.5. The minimum absolute atomic E-state index is 0.499. The Morgan fingerprint density at radius 3 is 1.53 bits per heavy atom. The van der Waals surface area contributed by atoms with Gasteiger partial charge in [-0.3, -0.25) is 0 Å². The van der Waals surface area contributed by atoms with Gasteiger partial charge in [0.1, 0.15) is 5.75 Å². The topological polar surface area (TPSA) is 9.23 Å². The maximum Gasteiger partial charge on any atom is 0.417 e. The Kier molecular flexibility index (Phi) is 3.66. The van der Waals surface area contributed by atoms with Crippen LogP contribution in [0.5, 0.6) is 5.75 Å². The van der Waals surface area contributed by atoms with E-state index in [1.807, 2.05) is 0 Å². The molecule has 0 saturated heterocycles. The fourth-order valence-electron chi connectivity index (χ4n) is 1.13. The lowest BCUT2D eigenvalue weighted by Crippen LogP contribution is -2.13. The number of rotatable bonds is 1. The van der Waals surface area contributed by atoms with Gasteiger partial charge in [-0.1, -0.05) is 0 Å². The highest BCUT2D eigenvalue weighted by atomic mass is 79.9. The Morgan fingerprint density at radius 2 is 1.29 bits per heavy atom. The first-order chi connectivity index (χ1) is 7.57. The van der Waals surface area contributed by atoms with Crippen LogP contribution in [0, 0.1) is 0 Å². The van der Waals surface area contributed by atoms with Crippen molar-refractivity contribution in [1.82, 2.24) is 0 Å². The van der Waals surface area contributed by atoms with Crippen LogP contribution in [0.3, 0.4) is 0 Å². The lowest BCUT2D eigenvalue weighted by atomic mass is 10.1. The van der Waals surface area contributed by atoms with Crippen LogP contribution >= 0.6 is 15.9 Å². The highest BCUT2D eigenvalue weighted by molar-refractivity contribution is 9.10. The van der Waals surface area contributed by atoms with Gasteiger partial charge in [0.25, 0.3) is 0 Å². The number of ether oxygens (including phenoxy) is 1. The summed E-state index contributed by atoms with van der Waals surface area (Å²) >= 11 is 2.32. The molecule has 0 aliphatic heterocycles. The first-order valence-electron chi connectivity index (χ1n) is 4.09. The normalized spacial score (nSPS) is 12.7. The smallest absolute Gasteiger partial charge is 0.417 e. The number of alkyl halides is 6. The van der Waals surface area contributed by atoms with Crippen LogP contribution in [0.2, 0.25) is 0 Å². The van der Waals surface area contributed by atoms with Crippen LogP contribution in [-0.4, -0.2) is 7.11 Å². The summed E-state index contributed by atoms with van der Waals surface area (Å²) < 4.78 is 78.3. The molecule has 1 rings (SSSR count). The molecule has 1 nitrogen and oxygen atoms in total. The summed E-state index contributed by atoms with van der Waals surface area (Å²) in [6.45, 7) is 0. The van der Waals surface area contributed by atoms with Gasteiger partial charge >= 0.3 is 12.4 Å². The molecular weight excluding hydrogens is 318 g/mol. The molecule has 0 heterocycles. The Balaban J connectivity index is 3.53. The van der Waals surface area contributed by atoms with Crippen LogP contribution < -0.4 is 4.74 Å². The molecule has 0 radical (unpaired) electrons. The van der Waals surface area contributed by atoms with Crippen LogP contribution in [0.4, 0.5) is 26.3 Å². The predicted octanol–water partition coefficient (Wildman–Crippen LogP) is 4.50. The summed E-state index contributed by atoms with van der Waals surface area (Å²) in [5, 5.41) is 0. The molecule has 0 aliphatic rings. The summed E-state index contributed by atoms with van der Waals surface area (Å²) in [7, 11) is 0.990. The third kappa shape index (κ3) is 3.05. The maximum absolute atomic E-state index is 12.5. The zero-order chi connectivity index (χ0) is 13.4. The summed E-state index contributed by atoms with van der Waals surface area (Å²) in [5.74, 6) is -0.507. The van der Waals surface area contributed by atoms with Crippen molar-refractivity contribution in [2.45, 2.75) is 12.4 Å². The van der Waals surface area contributed by atoms with Gasteiger partial charge in [0.2, 0.25) is 0 Å². The van der Waals surface area contributed by atoms with E-state index in [2.05, 4.69) is 20.7 Å². The third-order valence-electron chi connectivity index (χ3n) is 1.89. The summed E-state index contributed by atoms with van der Waals surface area (Å²) in [6, 6.07) is 0.999. The van der Waals surface area contributed by atoms with E-state index in [9.17, 15) is 26.3 Å². The highest BCUT2D eigenvalue weighted by Gasteiger charge is 2.40. The quantitative estimate of drug-likeness (QED) is 0.692. The van der Waals surface area contributed by atoms with E-state index in [0.29, 0.717) is 12.1 Å². The molecular formula is C9H5BrF6O. The zero-order valence-electron chi connectivity index (χ0n) is 8.21. The minimum Gasteiger partial charge on any atom is -0.497 e. The van der Waals surface area contributed by atoms with E-state index < -0.39 is 33.7 Å². The largest absolute Gasteiger partial charge is 0.497 e. The highest BCUT2D eigenvalue weighted by Crippen LogP contribution is 2.44. The monoisotopic (exact) mass is 322 g/mol. The molecule has 1 aromatic rings. The van der Waals surface area contributed by atoms with Crippen LogP contribution in [0.25, 0.3) is 0 Å². The zero-order valence-corrected chi connectivity index (χ0v) is 9.79. The SMILES string of the molecule is COc1cc(C(F)(F)F)c(Br)c(C(F)(F)F)c1. The van der Waals surface area contributed by atoms with E-state index >= 15 is 0 Å². The average Bonchev–Trinajstić information content (AvgIpc) is 2.14. The van der Waals surface area contributed by atoms with E-state index in [0.717, 1.165) is 7.11 Å². The fourth-order valence-corrected chi connectivity index (χ4v) is 1.81. The number of halogens is 7. The molecule has 17 heavy (non-hydrogen) atoms. The molecule has 0 saturated carbocycles. The van der Waals surface area contributed by atoms with Crippen molar-refractivity contribution in [1.29, 1.82) is 0 Å². The molecule has 0 N–H and O–H groups in total. The number of hydrogen-bond acceptors (Lipinski definition) is 1. The first-order valence-corrected chi connectivity index (χ1v) is 4.88. The Morgan fingerprint density at radius 1 is 0.941 bits per heavy atom. The van der Waals surface area contributed by atoms with Crippen molar-refractivity contribution in [2.24, 2.45) is 0 Å². The summed E-state index contributed by atoms with van der Waals surface area (Å²) in [4.78, 5) is 0. The van der Waals surface area contributed by atoms with Gasteiger partial charge < -0.3 is 4.74 Å². The van der Waals surface area contributed by atoms with Gasteiger partial charge in [-0.2, -0.15) is 26.3 Å². The van der Waals surface area contributed by atoms with Gasteiger partial charge in [-0.05, 0) is 28.1 Å². The fraction of sp³-hybridized carbons (Fsp3) is 0.333. The minimum atomic E-state index is -4.90. The second-order valence-electron chi connectivity index (χ2n) is 3.03. The van der Waals surface area contributed by atoms with Crippen LogP contribution in [-0.2, 0) is 12.4 Å². The standard InChI is InChI=1S/C9H5BrF6O/c1-17-4-2-5(8(11,12)13)7(10)6(3-4)9(14,15)16/h2-3H,1H3. The molecule has 1 aromatic carbocycles. The Labute approximate surface area is 101 Å². The van der Waals surface area contributed by atoms with Gasteiger partial charge in [-0.25, -0.2) is 0 Å². The molecule has 0 amide bonds.